The molecule has 4 aliphatic heterocycles. The molecular formula is C30H52N2O23. The first-order valence-corrected chi connectivity index (χ1v) is 16.1. The van der Waals surface area contributed by atoms with Gasteiger partial charge in [-0.3, -0.25) is 9.59 Å². The number of hydrogen-bond donors (Lipinski definition) is 14. The van der Waals surface area contributed by atoms with Crippen LogP contribution in [0.15, 0.2) is 0 Å². The van der Waals surface area contributed by atoms with E-state index >= 15 is 0 Å². The van der Waals surface area contributed by atoms with E-state index < -0.39 is 160 Å². The van der Waals surface area contributed by atoms with Crippen molar-refractivity contribution in [1.29, 1.82) is 0 Å². The molecule has 4 aliphatic rings. The first-order valence-electron chi connectivity index (χ1n) is 16.1. The van der Waals surface area contributed by atoms with Crippen molar-refractivity contribution in [3.05, 3.63) is 0 Å². The van der Waals surface area contributed by atoms with Crippen LogP contribution >= 0.6 is 0 Å². The van der Waals surface area contributed by atoms with Gasteiger partial charge in [-0.15, -0.1) is 0 Å². The number of ether oxygens (including phenoxy) is 7. The summed E-state index contributed by atoms with van der Waals surface area (Å²) in [4.78, 5) is 47.7. The molecule has 4 fully saturated rings. The number of aliphatic hydroxyl groups excluding tert-OH is 10. The second kappa shape index (κ2) is 20.1. The monoisotopic (exact) mass is 808 g/mol. The molecule has 8 unspecified atom stereocenters. The van der Waals surface area contributed by atoms with Gasteiger partial charge in [0.1, 0.15) is 85.3 Å². The third-order valence-electron chi connectivity index (χ3n) is 8.94. The van der Waals surface area contributed by atoms with E-state index in [1.54, 1.807) is 0 Å². The molecule has 4 rings (SSSR count). The van der Waals surface area contributed by atoms with Crippen LogP contribution in [0.2, 0.25) is 0 Å². The van der Waals surface area contributed by atoms with Crippen LogP contribution in [0.3, 0.4) is 0 Å². The minimum absolute atomic E-state index is 0. The number of carboxylic acid groups (broad SMARTS) is 2. The Bertz CT molecular complexity index is 1300. The molecule has 0 spiro atoms. The second-order valence-electron chi connectivity index (χ2n) is 12.7. The Morgan fingerprint density at radius 3 is 1.40 bits per heavy atom. The zero-order valence-corrected chi connectivity index (χ0v) is 27.8. The van der Waals surface area contributed by atoms with Crippen LogP contribution in [0.5, 0.6) is 0 Å². The van der Waals surface area contributed by atoms with Crippen LogP contribution in [0, 0.1) is 0 Å². The first-order chi connectivity index (χ1) is 24.8. The number of carbonyl (C=O) groups excluding carboxylic acids is 2. The number of aliphatic hydroxyl groups is 10. The van der Waals surface area contributed by atoms with E-state index in [0.29, 0.717) is 0 Å². The normalized spacial score (nSPS) is 44.6. The topological polar surface area (TPSA) is 400 Å². The quantitative estimate of drug-likeness (QED) is 0.0870. The largest absolute Gasteiger partial charge is 0.479 e. The van der Waals surface area contributed by atoms with Gasteiger partial charge in [-0.2, -0.15) is 0 Å². The van der Waals surface area contributed by atoms with Crippen molar-refractivity contribution in [2.75, 3.05) is 13.2 Å². The molecule has 0 aromatic carbocycles. The van der Waals surface area contributed by atoms with Gasteiger partial charge in [-0.05, 0) is 0 Å². The van der Waals surface area contributed by atoms with E-state index in [0.717, 1.165) is 13.8 Å². The predicted molar refractivity (Wildman–Crippen MR) is 172 cm³/mol. The number of hydrogen-bond acceptors (Lipinski definition) is 21. The fourth-order valence-corrected chi connectivity index (χ4v) is 6.31. The SMILES string of the molecule is C.C.CC(=O)NC1[C@H](O[C@@H]2C(C(=O)O)O[C@@H](O[C@H]3C(CO)O[C@@H](O)C(NC(C)=O)[C@@H]3O)C(O)[C@@H]2O)OC(CO)[C@H](O[C@@H]2OC(C(=O)O)[C@@H](O)[C@@H](O)C2O)[C@H]1O. The summed E-state index contributed by atoms with van der Waals surface area (Å²) in [7, 11) is 0. The van der Waals surface area contributed by atoms with Crippen molar-refractivity contribution in [3.8, 4) is 0 Å². The molecule has 0 saturated carbocycles. The van der Waals surface area contributed by atoms with Crippen LogP contribution in [0.25, 0.3) is 0 Å². The maximum Gasteiger partial charge on any atom is 0.335 e. The highest BCUT2D eigenvalue weighted by Gasteiger charge is 2.57. The minimum atomic E-state index is -2.27. The summed E-state index contributed by atoms with van der Waals surface area (Å²) >= 11 is 0. The molecule has 4 saturated heterocycles. The Hall–Kier alpha value is -2.80. The molecule has 0 radical (unpaired) electrons. The average molecular weight is 809 g/mol. The average Bonchev–Trinajstić information content (AvgIpc) is 3.08. The molecule has 320 valence electrons. The van der Waals surface area contributed by atoms with Crippen LogP contribution in [-0.2, 0) is 52.3 Å². The van der Waals surface area contributed by atoms with Gasteiger partial charge >= 0.3 is 11.9 Å². The van der Waals surface area contributed by atoms with Gasteiger partial charge in [0, 0.05) is 13.8 Å². The van der Waals surface area contributed by atoms with Crippen molar-refractivity contribution < 1.29 is 114 Å². The van der Waals surface area contributed by atoms with Crippen molar-refractivity contribution in [2.45, 2.75) is 151 Å². The van der Waals surface area contributed by atoms with Crippen LogP contribution in [0.1, 0.15) is 28.7 Å². The lowest BCUT2D eigenvalue weighted by Gasteiger charge is -2.49. The van der Waals surface area contributed by atoms with E-state index in [-0.39, 0.29) is 14.9 Å². The Morgan fingerprint density at radius 1 is 0.509 bits per heavy atom. The molecule has 20 atom stereocenters. The fourth-order valence-electron chi connectivity index (χ4n) is 6.31. The van der Waals surface area contributed by atoms with Gasteiger partial charge in [0.15, 0.2) is 37.4 Å². The predicted octanol–water partition coefficient (Wildman–Crippen LogP) is -8.00. The maximum absolute atomic E-state index is 12.4. The summed E-state index contributed by atoms with van der Waals surface area (Å²) in [6, 6.07) is -3.31. The highest BCUT2D eigenvalue weighted by molar-refractivity contribution is 5.74. The third-order valence-corrected chi connectivity index (χ3v) is 8.94. The lowest BCUT2D eigenvalue weighted by atomic mass is 9.94. The van der Waals surface area contributed by atoms with E-state index in [9.17, 15) is 80.5 Å². The van der Waals surface area contributed by atoms with Crippen molar-refractivity contribution in [2.24, 2.45) is 0 Å². The minimum Gasteiger partial charge on any atom is -0.479 e. The molecular weight excluding hydrogens is 756 g/mol. The van der Waals surface area contributed by atoms with E-state index in [4.69, 9.17) is 33.2 Å². The molecule has 0 aromatic rings. The fraction of sp³-hybridized carbons (Fsp3) is 0.867. The number of amides is 2. The Balaban J connectivity index is 0.00000523. The van der Waals surface area contributed by atoms with Gasteiger partial charge < -0.3 is 105 Å². The molecule has 0 bridgehead atoms. The number of rotatable bonds is 12. The molecule has 55 heavy (non-hydrogen) atoms. The van der Waals surface area contributed by atoms with Gasteiger partial charge in [0.25, 0.3) is 0 Å². The number of carboxylic acids is 2. The van der Waals surface area contributed by atoms with E-state index in [1.165, 1.54) is 0 Å². The first kappa shape index (κ1) is 48.3. The summed E-state index contributed by atoms with van der Waals surface area (Å²) in [6.07, 6.45) is -36.1. The van der Waals surface area contributed by atoms with Crippen molar-refractivity contribution in [1.82, 2.24) is 10.6 Å². The zero-order chi connectivity index (χ0) is 39.6. The summed E-state index contributed by atoms with van der Waals surface area (Å²) < 4.78 is 38.0. The van der Waals surface area contributed by atoms with E-state index in [1.807, 2.05) is 0 Å². The molecule has 0 aromatic heterocycles. The summed E-state index contributed by atoms with van der Waals surface area (Å²) in [5.74, 6) is -5.18. The number of nitrogens with one attached hydrogen (secondary N) is 2. The van der Waals surface area contributed by atoms with Gasteiger partial charge in [-0.1, -0.05) is 14.9 Å². The third kappa shape index (κ3) is 10.4. The Kier molecular flexibility index (Phi) is 17.6. The molecule has 0 aliphatic carbocycles. The highest BCUT2D eigenvalue weighted by atomic mass is 16.8. The van der Waals surface area contributed by atoms with Crippen LogP contribution in [-0.4, -0.2) is 221 Å². The smallest absolute Gasteiger partial charge is 0.335 e. The Labute approximate surface area is 312 Å². The standard InChI is InChI=1S/C28H44N2O23.2CH4/c1-5(33)29-9-11(35)18(7(3-31)47-25(9)46)49-28-17(41)15(39)20(22(53-28)24(44)45)51-26-10(30-6(2)34)12(36)19(8(4-32)48-26)50-27-16(40)13(37)14(38)21(52-27)23(42)43;;/h7-22,25-28,31-32,35-41,46H,3-4H2,1-2H3,(H,29,33)(H,30,34)(H,42,43)(H,44,45);2*1H4/t7?,8?,9?,10?,11-,12-,13+,14-,15-,16?,17?,18-,19-,20-,21?,22?,25+,26-,27+,28+;;/m0../s1. The molecule has 14 N–H and O–H groups in total. The molecule has 25 heteroatoms. The van der Waals surface area contributed by atoms with Gasteiger partial charge in [-0.25, -0.2) is 9.59 Å². The zero-order valence-electron chi connectivity index (χ0n) is 27.8. The lowest BCUT2D eigenvalue weighted by molar-refractivity contribution is -0.371. The number of carbonyl (C=O) groups is 4. The van der Waals surface area contributed by atoms with E-state index in [2.05, 4.69) is 10.6 Å². The summed E-state index contributed by atoms with van der Waals surface area (Å²) in [5.41, 5.74) is 0. The lowest BCUT2D eigenvalue weighted by Crippen LogP contribution is -2.70. The highest BCUT2D eigenvalue weighted by Crippen LogP contribution is 2.34. The van der Waals surface area contributed by atoms with Gasteiger partial charge in [0.05, 0.1) is 13.2 Å². The van der Waals surface area contributed by atoms with Crippen LogP contribution < -0.4 is 10.6 Å². The molecule has 25 nitrogen and oxygen atoms in total. The van der Waals surface area contributed by atoms with Crippen molar-refractivity contribution >= 4 is 23.8 Å². The molecule has 2 amide bonds. The molecule has 4 heterocycles. The maximum atomic E-state index is 12.4. The summed E-state index contributed by atoms with van der Waals surface area (Å²) in [6.45, 7) is 0.0908. The summed E-state index contributed by atoms with van der Waals surface area (Å²) in [5, 5.41) is 129. The van der Waals surface area contributed by atoms with Crippen molar-refractivity contribution in [3.63, 3.8) is 0 Å². The second-order valence-corrected chi connectivity index (χ2v) is 12.7. The number of aliphatic carboxylic acids is 2. The van der Waals surface area contributed by atoms with Gasteiger partial charge in [0.2, 0.25) is 11.8 Å². The van der Waals surface area contributed by atoms with Crippen LogP contribution in [0.4, 0.5) is 0 Å². The Morgan fingerprint density at radius 2 is 0.927 bits per heavy atom.